The molecule has 3 aromatic rings. The van der Waals surface area contributed by atoms with Crippen molar-refractivity contribution in [3.8, 4) is 17.1 Å². The van der Waals surface area contributed by atoms with E-state index in [4.69, 9.17) is 4.74 Å². The summed E-state index contributed by atoms with van der Waals surface area (Å²) in [5.41, 5.74) is 1.32. The summed E-state index contributed by atoms with van der Waals surface area (Å²) in [6.45, 7) is 0. The van der Waals surface area contributed by atoms with Crippen molar-refractivity contribution in [1.82, 2.24) is 14.9 Å². The minimum Gasteiger partial charge on any atom is -0.496 e. The fourth-order valence-electron chi connectivity index (χ4n) is 2.72. The van der Waals surface area contributed by atoms with Crippen molar-refractivity contribution in [2.45, 2.75) is 11.3 Å². The zero-order valence-corrected chi connectivity index (χ0v) is 14.9. The van der Waals surface area contributed by atoms with E-state index in [2.05, 4.69) is 15.3 Å². The van der Waals surface area contributed by atoms with Crippen LogP contribution in [0.15, 0.2) is 58.8 Å². The first kappa shape index (κ1) is 17.6. The highest BCUT2D eigenvalue weighted by Crippen LogP contribution is 2.33. The van der Waals surface area contributed by atoms with Gasteiger partial charge in [-0.15, -0.1) is 10.2 Å². The normalized spacial score (nSPS) is 13.9. The van der Waals surface area contributed by atoms with Gasteiger partial charge in [-0.05, 0) is 29.8 Å². The molecule has 0 aliphatic carbocycles. The van der Waals surface area contributed by atoms with Crippen LogP contribution in [-0.2, 0) is 6.18 Å². The molecular formula is C18H13F3N4OS. The minimum absolute atomic E-state index is 0.495. The third-order valence-electron chi connectivity index (χ3n) is 4.06. The Morgan fingerprint density at radius 1 is 1.04 bits per heavy atom. The average Bonchev–Trinajstić information content (AvgIpc) is 3.10. The summed E-state index contributed by atoms with van der Waals surface area (Å²) in [5.74, 6) is 1.64. The first-order valence-corrected chi connectivity index (χ1v) is 8.93. The third-order valence-corrected chi connectivity index (χ3v) is 4.99. The smallest absolute Gasteiger partial charge is 0.416 e. The van der Waals surface area contributed by atoms with Crippen LogP contribution >= 0.6 is 11.8 Å². The predicted molar refractivity (Wildman–Crippen MR) is 96.1 cm³/mol. The van der Waals surface area contributed by atoms with Gasteiger partial charge in [-0.2, -0.15) is 22.9 Å². The number of ether oxygens (including phenoxy) is 1. The summed E-state index contributed by atoms with van der Waals surface area (Å²) in [7, 11) is 1.57. The van der Waals surface area contributed by atoms with Gasteiger partial charge in [0.15, 0.2) is 5.82 Å². The van der Waals surface area contributed by atoms with Crippen LogP contribution in [0.3, 0.4) is 0 Å². The molecule has 1 aromatic heterocycles. The highest BCUT2D eigenvalue weighted by Gasteiger charge is 2.30. The molecule has 27 heavy (non-hydrogen) atoms. The van der Waals surface area contributed by atoms with Gasteiger partial charge in [0.25, 0.3) is 0 Å². The number of alkyl halides is 3. The molecule has 1 aliphatic heterocycles. The number of halogens is 3. The zero-order chi connectivity index (χ0) is 19.0. The lowest BCUT2D eigenvalue weighted by atomic mass is 10.1. The molecule has 1 aliphatic rings. The minimum atomic E-state index is -4.36. The van der Waals surface area contributed by atoms with E-state index in [0.29, 0.717) is 33.8 Å². The number of fused-ring (bicyclic) bond motifs is 1. The van der Waals surface area contributed by atoms with E-state index in [1.807, 2.05) is 24.3 Å². The Bertz CT molecular complexity index is 1010. The molecule has 0 N–H and O–H groups in total. The Hall–Kier alpha value is -2.81. The molecule has 0 unspecified atom stereocenters. The van der Waals surface area contributed by atoms with Gasteiger partial charge in [-0.3, -0.25) is 0 Å². The van der Waals surface area contributed by atoms with Crippen LogP contribution in [0, 0.1) is 0 Å². The Labute approximate surface area is 156 Å². The van der Waals surface area contributed by atoms with Gasteiger partial charge < -0.3 is 4.74 Å². The summed E-state index contributed by atoms with van der Waals surface area (Å²) in [5, 5.41) is 13.5. The molecule has 138 valence electrons. The number of para-hydroxylation sites is 1. The summed E-state index contributed by atoms with van der Waals surface area (Å²) in [4.78, 5) is 0. The van der Waals surface area contributed by atoms with Crippen LogP contribution in [-0.4, -0.2) is 33.4 Å². The molecule has 2 aromatic carbocycles. The third kappa shape index (κ3) is 3.30. The first-order valence-electron chi connectivity index (χ1n) is 7.94. The molecule has 9 heteroatoms. The number of nitrogens with zero attached hydrogens (tertiary/aromatic N) is 4. The van der Waals surface area contributed by atoms with E-state index in [-0.39, 0.29) is 0 Å². The highest BCUT2D eigenvalue weighted by molar-refractivity contribution is 7.99. The number of benzene rings is 2. The SMILES string of the molecule is COc1ccccc1-c1nnc2n1N=C(c1ccc(C(F)(F)F)cc1)CS2. The van der Waals surface area contributed by atoms with Gasteiger partial charge in [0.05, 0.1) is 23.9 Å². The van der Waals surface area contributed by atoms with Crippen molar-refractivity contribution in [2.75, 3.05) is 12.9 Å². The molecule has 2 heterocycles. The van der Waals surface area contributed by atoms with Crippen LogP contribution < -0.4 is 4.74 Å². The van der Waals surface area contributed by atoms with Crippen molar-refractivity contribution >= 4 is 17.5 Å². The quantitative estimate of drug-likeness (QED) is 0.668. The number of aromatic nitrogens is 3. The molecule has 0 bridgehead atoms. The van der Waals surface area contributed by atoms with Crippen molar-refractivity contribution in [3.05, 3.63) is 59.7 Å². The van der Waals surface area contributed by atoms with Gasteiger partial charge in [-0.25, -0.2) is 0 Å². The second-order valence-corrected chi connectivity index (χ2v) is 6.67. The Morgan fingerprint density at radius 2 is 1.78 bits per heavy atom. The average molecular weight is 390 g/mol. The molecule has 0 saturated heterocycles. The van der Waals surface area contributed by atoms with Gasteiger partial charge in [0, 0.05) is 5.75 Å². The van der Waals surface area contributed by atoms with Crippen molar-refractivity contribution in [2.24, 2.45) is 5.10 Å². The van der Waals surface area contributed by atoms with Crippen LogP contribution in [0.4, 0.5) is 13.2 Å². The molecule has 0 atom stereocenters. The van der Waals surface area contributed by atoms with E-state index in [1.165, 1.54) is 23.9 Å². The van der Waals surface area contributed by atoms with Crippen LogP contribution in [0.5, 0.6) is 5.75 Å². The molecule has 0 radical (unpaired) electrons. The lowest BCUT2D eigenvalue weighted by Gasteiger charge is -2.15. The van der Waals surface area contributed by atoms with E-state index in [9.17, 15) is 13.2 Å². The molecule has 0 spiro atoms. The Balaban J connectivity index is 1.74. The number of hydrogen-bond acceptors (Lipinski definition) is 5. The highest BCUT2D eigenvalue weighted by atomic mass is 32.2. The monoisotopic (exact) mass is 390 g/mol. The van der Waals surface area contributed by atoms with Crippen molar-refractivity contribution in [3.63, 3.8) is 0 Å². The number of rotatable bonds is 3. The summed E-state index contributed by atoms with van der Waals surface area (Å²) < 4.78 is 45.3. The van der Waals surface area contributed by atoms with Gasteiger partial charge >= 0.3 is 6.18 Å². The van der Waals surface area contributed by atoms with Gasteiger partial charge in [-0.1, -0.05) is 36.0 Å². The molecule has 5 nitrogen and oxygen atoms in total. The van der Waals surface area contributed by atoms with Gasteiger partial charge in [0.2, 0.25) is 5.16 Å². The maximum atomic E-state index is 12.8. The number of hydrogen-bond donors (Lipinski definition) is 0. The number of methoxy groups -OCH3 is 1. The van der Waals surface area contributed by atoms with Gasteiger partial charge in [0.1, 0.15) is 5.75 Å². The molecule has 0 fully saturated rings. The second kappa shape index (κ2) is 6.73. The molecule has 0 amide bonds. The Morgan fingerprint density at radius 3 is 2.48 bits per heavy atom. The summed E-state index contributed by atoms with van der Waals surface area (Å²) in [6.07, 6.45) is -4.36. The summed E-state index contributed by atoms with van der Waals surface area (Å²) in [6, 6.07) is 12.4. The van der Waals surface area contributed by atoms with Crippen LogP contribution in [0.2, 0.25) is 0 Å². The van der Waals surface area contributed by atoms with E-state index < -0.39 is 11.7 Å². The fourth-order valence-corrected chi connectivity index (χ4v) is 3.56. The molecule has 0 saturated carbocycles. The Kier molecular flexibility index (Phi) is 4.39. The molecular weight excluding hydrogens is 377 g/mol. The lowest BCUT2D eigenvalue weighted by molar-refractivity contribution is -0.137. The molecule has 4 rings (SSSR count). The van der Waals surface area contributed by atoms with E-state index in [1.54, 1.807) is 11.8 Å². The van der Waals surface area contributed by atoms with Crippen molar-refractivity contribution in [1.29, 1.82) is 0 Å². The fraction of sp³-hybridized carbons (Fsp3) is 0.167. The van der Waals surface area contributed by atoms with Crippen LogP contribution in [0.1, 0.15) is 11.1 Å². The van der Waals surface area contributed by atoms with Crippen LogP contribution in [0.25, 0.3) is 11.4 Å². The maximum absolute atomic E-state index is 12.8. The zero-order valence-electron chi connectivity index (χ0n) is 14.1. The number of thioether (sulfide) groups is 1. The maximum Gasteiger partial charge on any atom is 0.416 e. The topological polar surface area (TPSA) is 52.3 Å². The standard InChI is InChI=1S/C18H13F3N4OS/c1-26-15-5-3-2-4-13(15)16-22-23-17-25(16)24-14(10-27-17)11-6-8-12(9-7-11)18(19,20)21/h2-9H,10H2,1H3. The predicted octanol–water partition coefficient (Wildman–Crippen LogP) is 4.33. The lowest BCUT2D eigenvalue weighted by Crippen LogP contribution is -2.14. The first-order chi connectivity index (χ1) is 13.0. The largest absolute Gasteiger partial charge is 0.496 e. The van der Waals surface area contributed by atoms with Crippen molar-refractivity contribution < 1.29 is 17.9 Å². The second-order valence-electron chi connectivity index (χ2n) is 5.73. The van der Waals surface area contributed by atoms with E-state index in [0.717, 1.165) is 17.7 Å². The summed E-state index contributed by atoms with van der Waals surface area (Å²) >= 11 is 1.43. The van der Waals surface area contributed by atoms with E-state index >= 15 is 0 Å².